The lowest BCUT2D eigenvalue weighted by Crippen LogP contribution is -2.51. The van der Waals surface area contributed by atoms with E-state index in [1.165, 1.54) is 0 Å². The van der Waals surface area contributed by atoms with Crippen molar-refractivity contribution < 1.29 is 19.1 Å². The molecule has 0 atom stereocenters. The summed E-state index contributed by atoms with van der Waals surface area (Å²) in [4.78, 5) is 30.6. The van der Waals surface area contributed by atoms with Gasteiger partial charge in [-0.1, -0.05) is 41.5 Å². The van der Waals surface area contributed by atoms with Crippen LogP contribution in [-0.4, -0.2) is 48.1 Å². The predicted octanol–water partition coefficient (Wildman–Crippen LogP) is 6.55. The van der Waals surface area contributed by atoms with E-state index in [2.05, 4.69) is 57.3 Å². The van der Waals surface area contributed by atoms with Gasteiger partial charge in [0.15, 0.2) is 14.0 Å². The molecule has 1 N–H and O–H groups in total. The molecule has 7 nitrogen and oxygen atoms in total. The Kier molecular flexibility index (Phi) is 7.75. The van der Waals surface area contributed by atoms with E-state index in [-0.39, 0.29) is 17.7 Å². The number of nitrogens with zero attached hydrogens (tertiary/aromatic N) is 2. The summed E-state index contributed by atoms with van der Waals surface area (Å²) in [5.41, 5.74) is 2.45. The van der Waals surface area contributed by atoms with Gasteiger partial charge in [-0.15, -0.1) is 0 Å². The van der Waals surface area contributed by atoms with E-state index in [0.29, 0.717) is 40.8 Å². The van der Waals surface area contributed by atoms with E-state index in [1.807, 2.05) is 26.8 Å². The zero-order valence-corrected chi connectivity index (χ0v) is 24.1. The minimum atomic E-state index is -2.03. The van der Waals surface area contributed by atoms with Crippen molar-refractivity contribution in [2.75, 3.05) is 7.11 Å². The maximum Gasteiger partial charge on any atom is 0.407 e. The highest BCUT2D eigenvalue weighted by Gasteiger charge is 2.46. The Morgan fingerprint density at radius 1 is 1.09 bits per heavy atom. The monoisotopic (exact) mass is 501 g/mol. The largest absolute Gasteiger partial charge is 0.494 e. The summed E-state index contributed by atoms with van der Waals surface area (Å²) in [5.74, 6) is 0.398. The van der Waals surface area contributed by atoms with Gasteiger partial charge in [0.05, 0.1) is 18.9 Å². The van der Waals surface area contributed by atoms with Crippen molar-refractivity contribution in [3.8, 4) is 5.75 Å². The van der Waals surface area contributed by atoms with Crippen LogP contribution in [0.4, 0.5) is 4.79 Å². The summed E-state index contributed by atoms with van der Waals surface area (Å²) >= 11 is 0. The molecule has 2 aromatic heterocycles. The zero-order chi connectivity index (χ0) is 26.3. The molecule has 1 aliphatic carbocycles. The number of rotatable bonds is 8. The maximum absolute atomic E-state index is 13.7. The van der Waals surface area contributed by atoms with Gasteiger partial charge in [0.2, 0.25) is 0 Å². The lowest BCUT2D eigenvalue weighted by molar-refractivity contribution is 0.0439. The molecule has 1 amide bonds. The van der Waals surface area contributed by atoms with E-state index < -0.39 is 19.9 Å². The number of carbonyl (C=O) groups is 2. The number of nitrogens with one attached hydrogen (secondary N) is 1. The number of pyridine rings is 1. The second kappa shape index (κ2) is 9.95. The molecule has 35 heavy (non-hydrogen) atoms. The highest BCUT2D eigenvalue weighted by atomic mass is 28.3. The van der Waals surface area contributed by atoms with Gasteiger partial charge >= 0.3 is 6.09 Å². The van der Waals surface area contributed by atoms with Crippen molar-refractivity contribution in [3.05, 3.63) is 24.0 Å². The third-order valence-corrected chi connectivity index (χ3v) is 14.3. The molecule has 8 heteroatoms. The highest BCUT2D eigenvalue weighted by molar-refractivity contribution is 6.82. The first-order valence-electron chi connectivity index (χ1n) is 12.8. The number of alkyl carbamates (subject to hydrolysis) is 1. The average molecular weight is 502 g/mol. The summed E-state index contributed by atoms with van der Waals surface area (Å²) in [6.07, 6.45) is 4.59. The first-order valence-corrected chi connectivity index (χ1v) is 15.0. The number of Topliss-reactive ketones (excluding diaryl/α,β-unsaturated/α-hetero) is 1. The minimum Gasteiger partial charge on any atom is -0.494 e. The fraction of sp³-hybridized carbons (Fsp3) is 0.667. The summed E-state index contributed by atoms with van der Waals surface area (Å²) in [6.45, 7) is 19.4. The Hall–Kier alpha value is -2.35. The highest BCUT2D eigenvalue weighted by Crippen LogP contribution is 2.45. The van der Waals surface area contributed by atoms with Crippen molar-refractivity contribution in [2.45, 2.75) is 103 Å². The van der Waals surface area contributed by atoms with Crippen molar-refractivity contribution in [3.63, 3.8) is 0 Å². The molecule has 0 unspecified atom stereocenters. The van der Waals surface area contributed by atoms with E-state index in [4.69, 9.17) is 14.5 Å². The molecular formula is C27H43N3O4Si. The number of aromatic nitrogens is 2. The van der Waals surface area contributed by atoms with Crippen molar-refractivity contribution >= 4 is 31.1 Å². The Labute approximate surface area is 211 Å². The van der Waals surface area contributed by atoms with Gasteiger partial charge < -0.3 is 19.0 Å². The number of ketones is 1. The second-order valence-electron chi connectivity index (χ2n) is 11.9. The number of carbonyl (C=O) groups excluding carboxylic acids is 2. The molecule has 194 valence electrons. The quantitative estimate of drug-likeness (QED) is 0.327. The Balaban J connectivity index is 1.93. The molecule has 1 saturated carbocycles. The Morgan fingerprint density at radius 2 is 1.66 bits per heavy atom. The molecule has 1 aliphatic rings. The second-order valence-corrected chi connectivity index (χ2v) is 17.6. The number of amides is 1. The topological polar surface area (TPSA) is 82.5 Å². The molecule has 1 fully saturated rings. The lowest BCUT2D eigenvalue weighted by Gasteiger charge is -2.44. The molecule has 0 bridgehead atoms. The number of ether oxygens (including phenoxy) is 2. The van der Waals surface area contributed by atoms with Crippen molar-refractivity contribution in [1.82, 2.24) is 14.5 Å². The molecule has 0 aromatic carbocycles. The van der Waals surface area contributed by atoms with Crippen LogP contribution in [0.2, 0.25) is 16.6 Å². The predicted molar refractivity (Wildman–Crippen MR) is 143 cm³/mol. The van der Waals surface area contributed by atoms with Crippen LogP contribution in [0, 0.1) is 5.92 Å². The van der Waals surface area contributed by atoms with Crippen LogP contribution in [0.5, 0.6) is 5.75 Å². The minimum absolute atomic E-state index is 0.0557. The van der Waals surface area contributed by atoms with Gasteiger partial charge in [0.1, 0.15) is 17.0 Å². The zero-order valence-electron chi connectivity index (χ0n) is 23.1. The molecule has 2 aromatic rings. The standard InChI is InChI=1S/C27H43N3O4Si/c1-16(2)35(17(3)4,18(5)6)30-12-11-21-23(22(33-10)15-28-25(21)30)24(31)19-13-20(14-19)29-26(32)34-27(7,8)9/h11-12,15-20H,13-14H2,1-10H3,(H,29,32). The van der Waals surface area contributed by atoms with Crippen molar-refractivity contribution in [1.29, 1.82) is 0 Å². The average Bonchev–Trinajstić information content (AvgIpc) is 3.11. The van der Waals surface area contributed by atoms with Gasteiger partial charge in [-0.05, 0) is 62.5 Å². The summed E-state index contributed by atoms with van der Waals surface area (Å²) < 4.78 is 13.4. The molecule has 0 saturated heterocycles. The lowest BCUT2D eigenvalue weighted by atomic mass is 9.75. The van der Waals surface area contributed by atoms with Gasteiger partial charge in [-0.3, -0.25) is 4.79 Å². The van der Waals surface area contributed by atoms with Crippen LogP contribution in [0.25, 0.3) is 11.0 Å². The van der Waals surface area contributed by atoms with Gasteiger partial charge in [0, 0.05) is 17.3 Å². The number of hydrogen-bond donors (Lipinski definition) is 1. The van der Waals surface area contributed by atoms with Crippen LogP contribution in [0.15, 0.2) is 18.5 Å². The smallest absolute Gasteiger partial charge is 0.407 e. The van der Waals surface area contributed by atoms with Crippen LogP contribution >= 0.6 is 0 Å². The Morgan fingerprint density at radius 3 is 2.14 bits per heavy atom. The van der Waals surface area contributed by atoms with Gasteiger partial charge in [-0.25, -0.2) is 9.78 Å². The van der Waals surface area contributed by atoms with E-state index in [9.17, 15) is 9.59 Å². The fourth-order valence-corrected chi connectivity index (χ4v) is 12.8. The fourth-order valence-electron chi connectivity index (χ4n) is 6.25. The number of fused-ring (bicyclic) bond motifs is 1. The molecule has 3 rings (SSSR count). The third-order valence-electron chi connectivity index (χ3n) is 7.57. The van der Waals surface area contributed by atoms with E-state index in [0.717, 1.165) is 11.0 Å². The molecule has 0 aliphatic heterocycles. The molecule has 0 spiro atoms. The van der Waals surface area contributed by atoms with Crippen molar-refractivity contribution in [2.24, 2.45) is 5.92 Å². The molecular weight excluding hydrogens is 458 g/mol. The number of methoxy groups -OCH3 is 1. The SMILES string of the molecule is COc1cnc2c(ccn2[Si](C(C)C)(C(C)C)C(C)C)c1C(=O)C1CC(NC(=O)OC(C)(C)C)C1. The van der Waals surface area contributed by atoms with Crippen LogP contribution in [0.1, 0.15) is 85.5 Å². The van der Waals surface area contributed by atoms with Gasteiger partial charge in [-0.2, -0.15) is 0 Å². The van der Waals surface area contributed by atoms with E-state index in [1.54, 1.807) is 13.3 Å². The summed E-state index contributed by atoms with van der Waals surface area (Å²) in [6, 6.07) is 1.98. The van der Waals surface area contributed by atoms with Crippen LogP contribution in [0.3, 0.4) is 0 Å². The Bertz CT molecular complexity index is 1060. The van der Waals surface area contributed by atoms with E-state index >= 15 is 0 Å². The molecule has 0 radical (unpaired) electrons. The normalized spacial score (nSPS) is 18.8. The summed E-state index contributed by atoms with van der Waals surface area (Å²) in [5, 5.41) is 3.74. The maximum atomic E-state index is 13.7. The third kappa shape index (κ3) is 4.99. The first-order chi connectivity index (χ1) is 16.2. The first kappa shape index (κ1) is 27.2. The van der Waals surface area contributed by atoms with Crippen LogP contribution < -0.4 is 10.1 Å². The molecule has 2 heterocycles. The van der Waals surface area contributed by atoms with Crippen LogP contribution in [-0.2, 0) is 4.74 Å². The summed E-state index contributed by atoms with van der Waals surface area (Å²) in [7, 11) is -0.448. The van der Waals surface area contributed by atoms with Gasteiger partial charge in [0.25, 0.3) is 0 Å². The number of hydrogen-bond acceptors (Lipinski definition) is 5.